The van der Waals surface area contributed by atoms with E-state index < -0.39 is 17.8 Å². The molecule has 3 N–H and O–H groups in total. The Hall–Kier alpha value is -1.98. The Kier molecular flexibility index (Phi) is 3.11. The Labute approximate surface area is 79.1 Å². The van der Waals surface area contributed by atoms with E-state index in [9.17, 15) is 14.0 Å². The van der Waals surface area contributed by atoms with Gasteiger partial charge in [0.2, 0.25) is 11.9 Å². The minimum absolute atomic E-state index is 0.174. The van der Waals surface area contributed by atoms with E-state index in [1.165, 1.54) is 6.07 Å². The third-order valence-electron chi connectivity index (χ3n) is 1.41. The van der Waals surface area contributed by atoms with Crippen LogP contribution in [-0.2, 0) is 4.79 Å². The van der Waals surface area contributed by atoms with Gasteiger partial charge in [0.1, 0.15) is 0 Å². The number of aromatic nitrogens is 1. The summed E-state index contributed by atoms with van der Waals surface area (Å²) >= 11 is 0. The molecule has 14 heavy (non-hydrogen) atoms. The molecule has 1 rings (SSSR count). The van der Waals surface area contributed by atoms with E-state index in [4.69, 9.17) is 5.73 Å². The Morgan fingerprint density at radius 1 is 1.50 bits per heavy atom. The fraction of sp³-hybridized carbons (Fsp3) is 0.125. The van der Waals surface area contributed by atoms with Gasteiger partial charge in [0.25, 0.3) is 5.91 Å². The Morgan fingerprint density at radius 3 is 2.71 bits per heavy atom. The first-order valence-electron chi connectivity index (χ1n) is 3.77. The van der Waals surface area contributed by atoms with Gasteiger partial charge in [-0.05, 0) is 12.1 Å². The highest BCUT2D eigenvalue weighted by Crippen LogP contribution is 1.98. The number of amides is 2. The molecule has 0 radical (unpaired) electrons. The predicted molar refractivity (Wildman–Crippen MR) is 45.7 cm³/mol. The molecular formula is C8H8FN3O2. The number of hydrogen-bond acceptors (Lipinski definition) is 3. The summed E-state index contributed by atoms with van der Waals surface area (Å²) < 4.78 is 12.3. The average Bonchev–Trinajstić information content (AvgIpc) is 2.15. The van der Waals surface area contributed by atoms with Gasteiger partial charge in [-0.3, -0.25) is 9.59 Å². The maximum atomic E-state index is 12.3. The molecule has 5 nitrogen and oxygen atoms in total. The number of halogens is 1. The van der Waals surface area contributed by atoms with Crippen molar-refractivity contribution < 1.29 is 14.0 Å². The zero-order valence-electron chi connectivity index (χ0n) is 7.16. The highest BCUT2D eigenvalue weighted by molar-refractivity contribution is 5.95. The van der Waals surface area contributed by atoms with Crippen molar-refractivity contribution in [3.05, 3.63) is 29.8 Å². The number of pyridine rings is 1. The van der Waals surface area contributed by atoms with Crippen LogP contribution in [0, 0.1) is 5.95 Å². The highest BCUT2D eigenvalue weighted by Gasteiger charge is 2.06. The number of carbonyl (C=O) groups excluding carboxylic acids is 2. The van der Waals surface area contributed by atoms with E-state index >= 15 is 0 Å². The van der Waals surface area contributed by atoms with Gasteiger partial charge in [0.15, 0.2) is 0 Å². The van der Waals surface area contributed by atoms with E-state index in [0.29, 0.717) is 0 Å². The number of rotatable bonds is 3. The molecule has 0 fully saturated rings. The molecule has 0 spiro atoms. The maximum Gasteiger partial charge on any atom is 0.253 e. The van der Waals surface area contributed by atoms with Crippen LogP contribution >= 0.6 is 0 Å². The fourth-order valence-electron chi connectivity index (χ4n) is 0.780. The van der Waals surface area contributed by atoms with Crippen molar-refractivity contribution in [3.63, 3.8) is 0 Å². The summed E-state index contributed by atoms with van der Waals surface area (Å²) in [6.45, 7) is -0.254. The lowest BCUT2D eigenvalue weighted by atomic mass is 10.2. The van der Waals surface area contributed by atoms with Crippen molar-refractivity contribution in [1.82, 2.24) is 10.3 Å². The van der Waals surface area contributed by atoms with Crippen LogP contribution in [-0.4, -0.2) is 23.3 Å². The molecule has 0 aromatic carbocycles. The molecule has 6 heteroatoms. The van der Waals surface area contributed by atoms with E-state index in [0.717, 1.165) is 12.3 Å². The first-order valence-corrected chi connectivity index (χ1v) is 3.77. The van der Waals surface area contributed by atoms with Gasteiger partial charge < -0.3 is 11.1 Å². The molecule has 0 bridgehead atoms. The number of nitrogens with one attached hydrogen (secondary N) is 1. The first-order chi connectivity index (χ1) is 6.59. The summed E-state index contributed by atoms with van der Waals surface area (Å²) in [5, 5.41) is 2.24. The number of primary amides is 1. The largest absolute Gasteiger partial charge is 0.368 e. The lowest BCUT2D eigenvalue weighted by molar-refractivity contribution is -0.117. The lowest BCUT2D eigenvalue weighted by Gasteiger charge is -2.01. The number of nitrogens with two attached hydrogens (primary N) is 1. The summed E-state index contributed by atoms with van der Waals surface area (Å²) in [5.41, 5.74) is 4.99. The molecule has 1 aromatic rings. The highest BCUT2D eigenvalue weighted by atomic mass is 19.1. The number of hydrogen-bond donors (Lipinski definition) is 2. The summed E-state index contributed by atoms with van der Waals surface area (Å²) in [6.07, 6.45) is 1.08. The van der Waals surface area contributed by atoms with Crippen molar-refractivity contribution in [2.45, 2.75) is 0 Å². The summed E-state index contributed by atoms with van der Waals surface area (Å²) in [6, 6.07) is 2.32. The Morgan fingerprint density at radius 2 is 2.21 bits per heavy atom. The van der Waals surface area contributed by atoms with E-state index in [1.54, 1.807) is 0 Å². The molecule has 0 aliphatic rings. The zero-order chi connectivity index (χ0) is 10.6. The quantitative estimate of drug-likeness (QED) is 0.636. The van der Waals surface area contributed by atoms with Crippen molar-refractivity contribution in [2.75, 3.05) is 6.54 Å². The minimum atomic E-state index is -0.670. The molecule has 0 aliphatic heterocycles. The standard InChI is InChI=1S/C8H8FN3O2/c9-6-2-1-5(3-11-6)8(14)12-4-7(10)13/h1-3H,4H2,(H2,10,13)(H,12,14). The molecule has 1 heterocycles. The maximum absolute atomic E-state index is 12.3. The van der Waals surface area contributed by atoms with E-state index in [-0.39, 0.29) is 12.1 Å². The second-order valence-corrected chi connectivity index (χ2v) is 2.52. The molecule has 0 saturated carbocycles. The molecule has 0 aliphatic carbocycles. The van der Waals surface area contributed by atoms with Crippen LogP contribution in [0.3, 0.4) is 0 Å². The van der Waals surface area contributed by atoms with Crippen molar-refractivity contribution >= 4 is 11.8 Å². The minimum Gasteiger partial charge on any atom is -0.368 e. The van der Waals surface area contributed by atoms with Gasteiger partial charge >= 0.3 is 0 Å². The van der Waals surface area contributed by atoms with E-state index in [1.807, 2.05) is 0 Å². The van der Waals surface area contributed by atoms with Gasteiger partial charge in [-0.1, -0.05) is 0 Å². The molecule has 0 atom stereocenters. The molecule has 74 valence electrons. The smallest absolute Gasteiger partial charge is 0.253 e. The van der Waals surface area contributed by atoms with Crippen LogP contribution in [0.25, 0.3) is 0 Å². The van der Waals surface area contributed by atoms with Crippen LogP contribution < -0.4 is 11.1 Å². The molecule has 2 amide bonds. The normalized spacial score (nSPS) is 9.50. The number of carbonyl (C=O) groups is 2. The van der Waals surface area contributed by atoms with Gasteiger partial charge in [0.05, 0.1) is 12.1 Å². The predicted octanol–water partition coefficient (Wildman–Crippen LogP) is -0.564. The zero-order valence-corrected chi connectivity index (χ0v) is 7.16. The second-order valence-electron chi connectivity index (χ2n) is 2.52. The van der Waals surface area contributed by atoms with Crippen LogP contribution in [0.5, 0.6) is 0 Å². The van der Waals surface area contributed by atoms with Gasteiger partial charge in [0, 0.05) is 6.20 Å². The van der Waals surface area contributed by atoms with Crippen molar-refractivity contribution in [2.24, 2.45) is 5.73 Å². The van der Waals surface area contributed by atoms with Crippen LogP contribution in [0.15, 0.2) is 18.3 Å². The SMILES string of the molecule is NC(=O)CNC(=O)c1ccc(F)nc1. The third kappa shape index (κ3) is 2.81. The average molecular weight is 197 g/mol. The molecular weight excluding hydrogens is 189 g/mol. The van der Waals surface area contributed by atoms with Gasteiger partial charge in [-0.2, -0.15) is 4.39 Å². The summed E-state index contributed by atoms with van der Waals surface area (Å²) in [7, 11) is 0. The molecule has 0 unspecified atom stereocenters. The fourth-order valence-corrected chi connectivity index (χ4v) is 0.780. The van der Waals surface area contributed by atoms with Gasteiger partial charge in [-0.25, -0.2) is 4.98 Å². The Bertz CT molecular complexity index is 350. The molecule has 0 saturated heterocycles. The molecule has 1 aromatic heterocycles. The second kappa shape index (κ2) is 4.31. The summed E-state index contributed by atoms with van der Waals surface area (Å²) in [4.78, 5) is 24.8. The van der Waals surface area contributed by atoms with Crippen LogP contribution in [0.1, 0.15) is 10.4 Å². The third-order valence-corrected chi connectivity index (χ3v) is 1.41. The monoisotopic (exact) mass is 197 g/mol. The Balaban J connectivity index is 2.61. The lowest BCUT2D eigenvalue weighted by Crippen LogP contribution is -2.33. The van der Waals surface area contributed by atoms with Crippen LogP contribution in [0.2, 0.25) is 0 Å². The van der Waals surface area contributed by atoms with Crippen molar-refractivity contribution in [3.8, 4) is 0 Å². The topological polar surface area (TPSA) is 85.1 Å². The summed E-state index contributed by atoms with van der Waals surface area (Å²) in [5.74, 6) is -1.83. The van der Waals surface area contributed by atoms with E-state index in [2.05, 4.69) is 10.3 Å². The van der Waals surface area contributed by atoms with Crippen molar-refractivity contribution in [1.29, 1.82) is 0 Å². The first kappa shape index (κ1) is 10.1. The van der Waals surface area contributed by atoms with Gasteiger partial charge in [-0.15, -0.1) is 0 Å². The van der Waals surface area contributed by atoms with Crippen LogP contribution in [0.4, 0.5) is 4.39 Å². The number of nitrogens with zero attached hydrogens (tertiary/aromatic N) is 1.